The first kappa shape index (κ1) is 20.7. The van der Waals surface area contributed by atoms with E-state index in [-0.39, 0.29) is 11.9 Å². The molecule has 2 aliphatic rings. The number of amides is 1. The van der Waals surface area contributed by atoms with Crippen LogP contribution in [0.25, 0.3) is 0 Å². The number of carbonyl (C=O) groups is 1. The Hall–Kier alpha value is -3.57. The molecule has 1 unspecified atom stereocenters. The smallest absolute Gasteiger partial charge is 0.258 e. The van der Waals surface area contributed by atoms with Crippen LogP contribution < -0.4 is 4.90 Å². The Morgan fingerprint density at radius 1 is 1.03 bits per heavy atom. The molecular weight excluding hydrogens is 386 g/mol. The first-order valence-corrected chi connectivity index (χ1v) is 10.7. The minimum Gasteiger partial charge on any atom is -0.496 e. The summed E-state index contributed by atoms with van der Waals surface area (Å²) in [6.45, 7) is 2.50. The molecule has 5 heteroatoms. The van der Waals surface area contributed by atoms with E-state index in [2.05, 4.69) is 18.2 Å². The highest BCUT2D eigenvalue weighted by Gasteiger charge is 2.55. The maximum atomic E-state index is 13.8. The summed E-state index contributed by atoms with van der Waals surface area (Å²) in [5.41, 5.74) is 2.97. The summed E-state index contributed by atoms with van der Waals surface area (Å²) in [5.74, 6) is 0.653. The Labute approximate surface area is 183 Å². The van der Waals surface area contributed by atoms with E-state index in [1.807, 2.05) is 60.4 Å². The largest absolute Gasteiger partial charge is 0.496 e. The molecule has 0 saturated heterocycles. The van der Waals surface area contributed by atoms with Crippen LogP contribution in [0.2, 0.25) is 0 Å². The van der Waals surface area contributed by atoms with Crippen molar-refractivity contribution >= 4 is 11.6 Å². The van der Waals surface area contributed by atoms with Crippen LogP contribution in [0.1, 0.15) is 49.3 Å². The number of hydrogen-bond acceptors (Lipinski definition) is 4. The standard InChI is InChI=1S/C26H25N3O2/c1-19-9-5-6-12-21(19)23-26(14-7-16-27,15-8-17-28)24-22(13-18-31-24)25(30)29(23)20-10-3-2-4-11-20/h2-6,9-12,23H,7-8,13-15,18H2,1H3. The van der Waals surface area contributed by atoms with Gasteiger partial charge in [-0.2, -0.15) is 10.5 Å². The summed E-state index contributed by atoms with van der Waals surface area (Å²) >= 11 is 0. The molecule has 0 fully saturated rings. The average molecular weight is 412 g/mol. The molecule has 1 amide bonds. The first-order chi connectivity index (χ1) is 15.1. The molecule has 4 rings (SSSR count). The number of nitriles is 2. The molecule has 1 atom stereocenters. The SMILES string of the molecule is Cc1ccccc1C1N(c2ccccc2)C(=O)C2=C(OCC2)C1(CCC#N)CCC#N. The summed E-state index contributed by atoms with van der Waals surface area (Å²) in [6, 6.07) is 22.0. The van der Waals surface area contributed by atoms with Crippen LogP contribution in [0.3, 0.4) is 0 Å². The summed E-state index contributed by atoms with van der Waals surface area (Å²) in [7, 11) is 0. The van der Waals surface area contributed by atoms with Gasteiger partial charge in [-0.1, -0.05) is 42.5 Å². The van der Waals surface area contributed by atoms with E-state index in [9.17, 15) is 15.3 Å². The van der Waals surface area contributed by atoms with Crippen LogP contribution in [0.4, 0.5) is 5.69 Å². The van der Waals surface area contributed by atoms with Crippen molar-refractivity contribution in [2.24, 2.45) is 5.41 Å². The molecule has 2 heterocycles. The van der Waals surface area contributed by atoms with E-state index in [0.29, 0.717) is 50.0 Å². The Bertz CT molecular complexity index is 1070. The van der Waals surface area contributed by atoms with Gasteiger partial charge in [-0.25, -0.2) is 0 Å². The van der Waals surface area contributed by atoms with Gasteiger partial charge >= 0.3 is 0 Å². The number of para-hydroxylation sites is 1. The summed E-state index contributed by atoms with van der Waals surface area (Å²) in [5, 5.41) is 18.9. The second-order valence-corrected chi connectivity index (χ2v) is 8.15. The van der Waals surface area contributed by atoms with Gasteiger partial charge in [0.15, 0.2) is 0 Å². The molecule has 0 aliphatic carbocycles. The predicted molar refractivity (Wildman–Crippen MR) is 118 cm³/mol. The topological polar surface area (TPSA) is 77.1 Å². The molecule has 0 bridgehead atoms. The summed E-state index contributed by atoms with van der Waals surface area (Å²) in [6.07, 6.45) is 2.26. The van der Waals surface area contributed by atoms with Crippen LogP contribution >= 0.6 is 0 Å². The van der Waals surface area contributed by atoms with Crippen LogP contribution in [0.5, 0.6) is 0 Å². The lowest BCUT2D eigenvalue weighted by atomic mass is 9.65. The van der Waals surface area contributed by atoms with Crippen molar-refractivity contribution in [2.45, 2.75) is 45.1 Å². The molecule has 0 N–H and O–H groups in total. The number of anilines is 1. The fraction of sp³-hybridized carbons (Fsp3) is 0.346. The Morgan fingerprint density at radius 3 is 2.32 bits per heavy atom. The van der Waals surface area contributed by atoms with Crippen LogP contribution in [-0.2, 0) is 9.53 Å². The van der Waals surface area contributed by atoms with Gasteiger partial charge < -0.3 is 9.64 Å². The Kier molecular flexibility index (Phi) is 5.78. The molecular formula is C26H25N3O2. The maximum absolute atomic E-state index is 13.8. The fourth-order valence-electron chi connectivity index (χ4n) is 5.11. The number of nitrogens with zero attached hydrogens (tertiary/aromatic N) is 3. The first-order valence-electron chi connectivity index (χ1n) is 10.7. The Morgan fingerprint density at radius 2 is 1.68 bits per heavy atom. The van der Waals surface area contributed by atoms with Crippen molar-refractivity contribution in [2.75, 3.05) is 11.5 Å². The number of ether oxygens (including phenoxy) is 1. The highest BCUT2D eigenvalue weighted by Crippen LogP contribution is 2.58. The number of rotatable bonds is 6. The summed E-state index contributed by atoms with van der Waals surface area (Å²) in [4.78, 5) is 15.7. The van der Waals surface area contributed by atoms with Crippen LogP contribution in [0.15, 0.2) is 65.9 Å². The van der Waals surface area contributed by atoms with Crippen molar-refractivity contribution in [3.63, 3.8) is 0 Å². The highest BCUT2D eigenvalue weighted by molar-refractivity contribution is 6.08. The zero-order valence-corrected chi connectivity index (χ0v) is 17.7. The van der Waals surface area contributed by atoms with Gasteiger partial charge in [-0.05, 0) is 43.0 Å². The van der Waals surface area contributed by atoms with Gasteiger partial charge in [0.05, 0.1) is 35.8 Å². The lowest BCUT2D eigenvalue weighted by molar-refractivity contribution is -0.117. The van der Waals surface area contributed by atoms with Crippen molar-refractivity contribution in [3.05, 3.63) is 77.1 Å². The normalized spacial score (nSPS) is 19.4. The van der Waals surface area contributed by atoms with E-state index in [4.69, 9.17) is 4.74 Å². The highest BCUT2D eigenvalue weighted by atomic mass is 16.5. The minimum atomic E-state index is -0.632. The van der Waals surface area contributed by atoms with E-state index >= 15 is 0 Å². The molecule has 5 nitrogen and oxygen atoms in total. The molecule has 0 saturated carbocycles. The average Bonchev–Trinajstić information content (AvgIpc) is 3.30. The second kappa shape index (κ2) is 8.66. The molecule has 156 valence electrons. The van der Waals surface area contributed by atoms with E-state index in [0.717, 1.165) is 16.8 Å². The number of benzene rings is 2. The molecule has 0 spiro atoms. The molecule has 2 aromatic carbocycles. The van der Waals surface area contributed by atoms with Crippen molar-refractivity contribution < 1.29 is 9.53 Å². The second-order valence-electron chi connectivity index (χ2n) is 8.15. The van der Waals surface area contributed by atoms with Crippen molar-refractivity contribution in [3.8, 4) is 12.1 Å². The zero-order chi connectivity index (χ0) is 21.8. The van der Waals surface area contributed by atoms with Gasteiger partial charge in [0, 0.05) is 24.9 Å². The quantitative estimate of drug-likeness (QED) is 0.642. The monoisotopic (exact) mass is 411 g/mol. The third-order valence-corrected chi connectivity index (χ3v) is 6.47. The minimum absolute atomic E-state index is 0.0449. The predicted octanol–water partition coefficient (Wildman–Crippen LogP) is 5.35. The van der Waals surface area contributed by atoms with Crippen LogP contribution in [-0.4, -0.2) is 12.5 Å². The third kappa shape index (κ3) is 3.47. The van der Waals surface area contributed by atoms with E-state index in [1.165, 1.54) is 0 Å². The molecule has 2 aliphatic heterocycles. The lowest BCUT2D eigenvalue weighted by Crippen LogP contribution is -2.50. The van der Waals surface area contributed by atoms with Crippen molar-refractivity contribution in [1.82, 2.24) is 0 Å². The maximum Gasteiger partial charge on any atom is 0.258 e. The number of aryl methyl sites for hydroxylation is 1. The lowest BCUT2D eigenvalue weighted by Gasteiger charge is -2.50. The van der Waals surface area contributed by atoms with Gasteiger partial charge in [0.1, 0.15) is 5.76 Å². The molecule has 2 aromatic rings. The van der Waals surface area contributed by atoms with Gasteiger partial charge in [0.2, 0.25) is 0 Å². The third-order valence-electron chi connectivity index (χ3n) is 6.47. The molecule has 31 heavy (non-hydrogen) atoms. The number of carbonyl (C=O) groups excluding carboxylic acids is 1. The van der Waals surface area contributed by atoms with Gasteiger partial charge in [-0.15, -0.1) is 0 Å². The number of hydrogen-bond donors (Lipinski definition) is 0. The fourth-order valence-corrected chi connectivity index (χ4v) is 5.11. The van der Waals surface area contributed by atoms with E-state index in [1.54, 1.807) is 0 Å². The zero-order valence-electron chi connectivity index (χ0n) is 17.7. The molecule has 0 aromatic heterocycles. The van der Waals surface area contributed by atoms with Crippen molar-refractivity contribution in [1.29, 1.82) is 10.5 Å². The van der Waals surface area contributed by atoms with Gasteiger partial charge in [0.25, 0.3) is 5.91 Å². The Balaban J connectivity index is 2.02. The molecule has 0 radical (unpaired) electrons. The summed E-state index contributed by atoms with van der Waals surface area (Å²) < 4.78 is 6.13. The van der Waals surface area contributed by atoms with Gasteiger partial charge in [-0.3, -0.25) is 4.79 Å². The van der Waals surface area contributed by atoms with E-state index < -0.39 is 5.41 Å². The van der Waals surface area contributed by atoms with Crippen LogP contribution in [0, 0.1) is 35.0 Å².